The van der Waals surface area contributed by atoms with E-state index in [1.807, 2.05) is 30.3 Å². The van der Waals surface area contributed by atoms with Gasteiger partial charge in [0.05, 0.1) is 35.7 Å². The molecule has 0 bridgehead atoms. The fraction of sp³-hybridized carbons (Fsp3) is 0.458. The van der Waals surface area contributed by atoms with Crippen LogP contribution in [-0.4, -0.2) is 43.5 Å². The summed E-state index contributed by atoms with van der Waals surface area (Å²) >= 11 is 0. The number of nitrogens with one attached hydrogen (secondary N) is 5. The van der Waals surface area contributed by atoms with Gasteiger partial charge in [-0.2, -0.15) is 0 Å². The summed E-state index contributed by atoms with van der Waals surface area (Å²) < 4.78 is 12.1. The average molecular weight is 422 g/mol. The van der Waals surface area contributed by atoms with Crippen LogP contribution >= 0.6 is 0 Å². The highest BCUT2D eigenvalue weighted by molar-refractivity contribution is 6.02. The summed E-state index contributed by atoms with van der Waals surface area (Å²) in [5.41, 5.74) is 5.04. The molecule has 4 atom stereocenters. The van der Waals surface area contributed by atoms with E-state index in [4.69, 9.17) is 14.9 Å². The second-order valence-electron chi connectivity index (χ2n) is 8.69. The van der Waals surface area contributed by atoms with E-state index in [0.717, 1.165) is 61.6 Å². The first-order valence-corrected chi connectivity index (χ1v) is 11.3. The third-order valence-electron chi connectivity index (χ3n) is 6.37. The molecule has 164 valence electrons. The standard InChI is InChI=1S/C24H31N5O2/c1-15-6-8-16(9-7-15)26-24(25)27-17-10-11-18-19(14-17)29-23(21-5-3-13-31-21)22(28-18)20-4-2-12-30-20/h6-11,14,20-23,28-29H,2-5,12-13H2,1H3,(H3,25,26,27). The number of benzene rings is 2. The molecule has 3 aliphatic heterocycles. The van der Waals surface area contributed by atoms with Crippen LogP contribution in [0.2, 0.25) is 0 Å². The van der Waals surface area contributed by atoms with Crippen molar-refractivity contribution in [3.8, 4) is 0 Å². The van der Waals surface area contributed by atoms with E-state index >= 15 is 0 Å². The van der Waals surface area contributed by atoms with Gasteiger partial charge in [-0.1, -0.05) is 17.7 Å². The lowest BCUT2D eigenvalue weighted by molar-refractivity contribution is 0.0475. The number of ether oxygens (including phenoxy) is 2. The van der Waals surface area contributed by atoms with Crippen LogP contribution in [0.1, 0.15) is 31.2 Å². The minimum atomic E-state index is 0.165. The van der Waals surface area contributed by atoms with Gasteiger partial charge >= 0.3 is 0 Å². The van der Waals surface area contributed by atoms with E-state index in [-0.39, 0.29) is 30.3 Å². The summed E-state index contributed by atoms with van der Waals surface area (Å²) in [7, 11) is 0. The highest BCUT2D eigenvalue weighted by Gasteiger charge is 2.41. The number of guanidine groups is 1. The minimum absolute atomic E-state index is 0.165. The van der Waals surface area contributed by atoms with Crippen LogP contribution in [-0.2, 0) is 9.47 Å². The molecule has 0 aromatic heterocycles. The Balaban J connectivity index is 1.30. The second-order valence-corrected chi connectivity index (χ2v) is 8.69. The van der Waals surface area contributed by atoms with Crippen molar-refractivity contribution in [3.05, 3.63) is 48.0 Å². The van der Waals surface area contributed by atoms with Crippen LogP contribution in [0.3, 0.4) is 0 Å². The molecule has 7 heteroatoms. The van der Waals surface area contributed by atoms with Crippen molar-refractivity contribution in [1.29, 1.82) is 5.41 Å². The number of hydrogen-bond donors (Lipinski definition) is 5. The number of hydrogen-bond acceptors (Lipinski definition) is 5. The SMILES string of the molecule is Cc1ccc(NC(=N)Nc2ccc3c(c2)NC(C2CCCO2)C(C2CCCO2)N3)cc1. The molecule has 4 unspecified atom stereocenters. The van der Waals surface area contributed by atoms with E-state index < -0.39 is 0 Å². The molecular formula is C24H31N5O2. The Hall–Kier alpha value is -2.77. The lowest BCUT2D eigenvalue weighted by atomic mass is 9.91. The molecule has 0 aliphatic carbocycles. The first kappa shape index (κ1) is 20.2. The monoisotopic (exact) mass is 421 g/mol. The highest BCUT2D eigenvalue weighted by Crippen LogP contribution is 2.37. The molecule has 3 aliphatic rings. The Morgan fingerprint density at radius 3 is 2.03 bits per heavy atom. The zero-order chi connectivity index (χ0) is 21.2. The summed E-state index contributed by atoms with van der Waals surface area (Å²) in [6, 6.07) is 14.5. The Bertz CT molecular complexity index is 920. The van der Waals surface area contributed by atoms with Gasteiger partial charge in [0, 0.05) is 24.6 Å². The van der Waals surface area contributed by atoms with Crippen molar-refractivity contribution in [2.45, 2.75) is 56.9 Å². The Morgan fingerprint density at radius 1 is 0.839 bits per heavy atom. The molecule has 0 spiro atoms. The van der Waals surface area contributed by atoms with Gasteiger partial charge in [-0.15, -0.1) is 0 Å². The van der Waals surface area contributed by atoms with Crippen molar-refractivity contribution in [3.63, 3.8) is 0 Å². The zero-order valence-corrected chi connectivity index (χ0v) is 17.9. The van der Waals surface area contributed by atoms with Crippen molar-refractivity contribution in [2.24, 2.45) is 0 Å². The molecular weight excluding hydrogens is 390 g/mol. The predicted octanol–water partition coefficient (Wildman–Crippen LogP) is 4.39. The molecule has 0 radical (unpaired) electrons. The molecule has 0 saturated carbocycles. The van der Waals surface area contributed by atoms with E-state index in [9.17, 15) is 0 Å². The van der Waals surface area contributed by atoms with Gasteiger partial charge in [0.25, 0.3) is 0 Å². The van der Waals surface area contributed by atoms with Crippen LogP contribution < -0.4 is 21.3 Å². The van der Waals surface area contributed by atoms with Crippen molar-refractivity contribution >= 4 is 28.7 Å². The van der Waals surface area contributed by atoms with Crippen LogP contribution in [0.25, 0.3) is 0 Å². The van der Waals surface area contributed by atoms with Gasteiger partial charge in [-0.05, 0) is 62.9 Å². The van der Waals surface area contributed by atoms with E-state index in [0.29, 0.717) is 0 Å². The predicted molar refractivity (Wildman–Crippen MR) is 125 cm³/mol. The fourth-order valence-corrected chi connectivity index (χ4v) is 4.78. The van der Waals surface area contributed by atoms with E-state index in [2.05, 4.69) is 40.3 Å². The van der Waals surface area contributed by atoms with Gasteiger partial charge in [-0.3, -0.25) is 5.41 Å². The molecule has 2 aromatic carbocycles. The number of aryl methyl sites for hydroxylation is 1. The van der Waals surface area contributed by atoms with Gasteiger partial charge in [0.1, 0.15) is 0 Å². The molecule has 7 nitrogen and oxygen atoms in total. The fourth-order valence-electron chi connectivity index (χ4n) is 4.78. The molecule has 2 fully saturated rings. The average Bonchev–Trinajstić information content (AvgIpc) is 3.49. The topological polar surface area (TPSA) is 90.4 Å². The van der Waals surface area contributed by atoms with E-state index in [1.54, 1.807) is 0 Å². The number of rotatable bonds is 4. The van der Waals surface area contributed by atoms with Crippen molar-refractivity contribution < 1.29 is 9.47 Å². The third-order valence-corrected chi connectivity index (χ3v) is 6.37. The number of anilines is 4. The van der Waals surface area contributed by atoms with Crippen LogP contribution in [0, 0.1) is 12.3 Å². The van der Waals surface area contributed by atoms with Gasteiger partial charge in [0.2, 0.25) is 0 Å². The molecule has 2 aromatic rings. The largest absolute Gasteiger partial charge is 0.376 e. The van der Waals surface area contributed by atoms with Gasteiger partial charge in [-0.25, -0.2) is 0 Å². The smallest absolute Gasteiger partial charge is 0.197 e. The maximum Gasteiger partial charge on any atom is 0.197 e. The summed E-state index contributed by atoms with van der Waals surface area (Å²) in [6.07, 6.45) is 4.78. The first-order valence-electron chi connectivity index (χ1n) is 11.3. The van der Waals surface area contributed by atoms with E-state index in [1.165, 1.54) is 5.56 Å². The molecule has 2 saturated heterocycles. The lowest BCUT2D eigenvalue weighted by Crippen LogP contribution is -2.55. The molecule has 31 heavy (non-hydrogen) atoms. The lowest BCUT2D eigenvalue weighted by Gasteiger charge is -2.41. The van der Waals surface area contributed by atoms with Crippen molar-refractivity contribution in [2.75, 3.05) is 34.5 Å². The Labute approximate surface area is 183 Å². The minimum Gasteiger partial charge on any atom is -0.376 e. The number of fused-ring (bicyclic) bond motifs is 1. The van der Waals surface area contributed by atoms with Gasteiger partial charge < -0.3 is 30.7 Å². The summed E-state index contributed by atoms with van der Waals surface area (Å²) in [4.78, 5) is 0. The zero-order valence-electron chi connectivity index (χ0n) is 17.9. The molecule has 3 heterocycles. The highest BCUT2D eigenvalue weighted by atomic mass is 16.5. The Morgan fingerprint density at radius 2 is 1.42 bits per heavy atom. The van der Waals surface area contributed by atoms with Crippen LogP contribution in [0.5, 0.6) is 0 Å². The maximum atomic E-state index is 8.28. The molecule has 5 N–H and O–H groups in total. The third kappa shape index (κ3) is 4.48. The van der Waals surface area contributed by atoms with Crippen LogP contribution in [0.4, 0.5) is 22.7 Å². The first-order chi connectivity index (χ1) is 15.2. The Kier molecular flexibility index (Phi) is 5.70. The van der Waals surface area contributed by atoms with Crippen molar-refractivity contribution in [1.82, 2.24) is 0 Å². The maximum absolute atomic E-state index is 8.28. The summed E-state index contributed by atoms with van der Waals surface area (Å²) in [5, 5.41) is 22.0. The quantitative estimate of drug-likeness (QED) is 0.372. The van der Waals surface area contributed by atoms with Gasteiger partial charge in [0.15, 0.2) is 5.96 Å². The molecule has 5 rings (SSSR count). The second kappa shape index (κ2) is 8.77. The normalized spacial score (nSPS) is 27.1. The summed E-state index contributed by atoms with van der Waals surface area (Å²) in [5.74, 6) is 0.237. The summed E-state index contributed by atoms with van der Waals surface area (Å²) in [6.45, 7) is 3.72. The van der Waals surface area contributed by atoms with Crippen LogP contribution in [0.15, 0.2) is 42.5 Å². The molecule has 0 amide bonds.